The Hall–Kier alpha value is -5.48. The van der Waals surface area contributed by atoms with E-state index in [1.54, 1.807) is 11.0 Å². The lowest BCUT2D eigenvalue weighted by molar-refractivity contribution is -0.0366. The molecule has 3 atom stereocenters. The van der Waals surface area contributed by atoms with Crippen LogP contribution in [0.25, 0.3) is 32.9 Å². The Morgan fingerprint density at radius 1 is 0.953 bits per heavy atom. The van der Waals surface area contributed by atoms with Crippen LogP contribution in [0.3, 0.4) is 0 Å². The van der Waals surface area contributed by atoms with Gasteiger partial charge in [-0.15, -0.1) is 0 Å². The van der Waals surface area contributed by atoms with Gasteiger partial charge in [0.25, 0.3) is 0 Å². The summed E-state index contributed by atoms with van der Waals surface area (Å²) in [6, 6.07) is 14.6. The van der Waals surface area contributed by atoms with Gasteiger partial charge >= 0.3 is 18.2 Å². The van der Waals surface area contributed by atoms with Crippen molar-refractivity contribution >= 4 is 47.9 Å². The highest BCUT2D eigenvalue weighted by molar-refractivity contribution is 6.76. The molecule has 3 aromatic carbocycles. The highest BCUT2D eigenvalue weighted by Gasteiger charge is 2.47. The van der Waals surface area contributed by atoms with Gasteiger partial charge in [-0.2, -0.15) is 15.1 Å². The maximum atomic E-state index is 16.6. The number of piperidine rings is 1. The zero-order valence-corrected chi connectivity index (χ0v) is 38.2. The summed E-state index contributed by atoms with van der Waals surface area (Å²) in [5.41, 5.74) is 5.19. The number of anilines is 1. The third-order valence-electron chi connectivity index (χ3n) is 13.8. The SMILES string of the molecule is Cc1c(F)cc2c(cnn2C2CCCCO2)c1-c1c(C2CC2)cc2c(N3C[C@@H]4C[C@H]3CN4C(=O)O)nc(OC3CCN(C(=O)OCC[Si](C)(C)C)CC3)nc2c1OCc1ccccc1. The summed E-state index contributed by atoms with van der Waals surface area (Å²) in [5.74, 6) is 1.04. The first-order chi connectivity index (χ1) is 30.9. The van der Waals surface area contributed by atoms with Crippen LogP contribution in [0.15, 0.2) is 48.7 Å². The predicted molar refractivity (Wildman–Crippen MR) is 244 cm³/mol. The first-order valence-corrected chi connectivity index (χ1v) is 26.8. The van der Waals surface area contributed by atoms with E-state index in [4.69, 9.17) is 34.0 Å². The number of amides is 2. The van der Waals surface area contributed by atoms with Crippen LogP contribution in [0.2, 0.25) is 25.7 Å². The summed E-state index contributed by atoms with van der Waals surface area (Å²) in [4.78, 5) is 41.1. The molecule has 5 aromatic rings. The van der Waals surface area contributed by atoms with Crippen LogP contribution in [0.1, 0.15) is 80.2 Å². The highest BCUT2D eigenvalue weighted by Crippen LogP contribution is 2.54. The van der Waals surface area contributed by atoms with Crippen molar-refractivity contribution in [3.8, 4) is 22.9 Å². The fourth-order valence-electron chi connectivity index (χ4n) is 10.1. The van der Waals surface area contributed by atoms with Crippen molar-refractivity contribution in [3.05, 3.63) is 71.2 Å². The topological polar surface area (TPSA) is 145 Å². The molecule has 4 saturated heterocycles. The van der Waals surface area contributed by atoms with Gasteiger partial charge in [-0.25, -0.2) is 18.7 Å². The van der Waals surface area contributed by atoms with E-state index in [-0.39, 0.29) is 54.9 Å². The minimum Gasteiger partial charge on any atom is -0.486 e. The lowest BCUT2D eigenvalue weighted by Crippen LogP contribution is -2.48. The molecule has 2 aromatic heterocycles. The largest absolute Gasteiger partial charge is 0.486 e. The van der Waals surface area contributed by atoms with Gasteiger partial charge in [0.1, 0.15) is 29.9 Å². The van der Waals surface area contributed by atoms with Crippen LogP contribution in [-0.2, 0) is 16.1 Å². The smallest absolute Gasteiger partial charge is 0.409 e. The zero-order valence-electron chi connectivity index (χ0n) is 37.2. The Morgan fingerprint density at radius 2 is 1.75 bits per heavy atom. The third kappa shape index (κ3) is 8.34. The second-order valence-electron chi connectivity index (χ2n) is 19.5. The molecule has 338 valence electrons. The molecule has 6 heterocycles. The number of fused-ring (bicyclic) bond motifs is 4. The Kier molecular flexibility index (Phi) is 11.4. The normalized spacial score (nSPS) is 21.6. The van der Waals surface area contributed by atoms with E-state index in [1.165, 1.54) is 4.90 Å². The zero-order chi connectivity index (χ0) is 44.3. The van der Waals surface area contributed by atoms with Crippen molar-refractivity contribution in [3.63, 3.8) is 0 Å². The van der Waals surface area contributed by atoms with E-state index in [0.29, 0.717) is 92.4 Å². The number of carbonyl (C=O) groups is 2. The van der Waals surface area contributed by atoms with Gasteiger partial charge in [0, 0.05) is 81.7 Å². The van der Waals surface area contributed by atoms with E-state index in [2.05, 4.69) is 30.6 Å². The van der Waals surface area contributed by atoms with Gasteiger partial charge in [-0.3, -0.25) is 0 Å². The number of carbonyl (C=O) groups excluding carboxylic acids is 1. The molecule has 1 aliphatic carbocycles. The highest BCUT2D eigenvalue weighted by atomic mass is 28.3. The van der Waals surface area contributed by atoms with Crippen LogP contribution >= 0.6 is 0 Å². The molecule has 0 spiro atoms. The molecule has 1 saturated carbocycles. The van der Waals surface area contributed by atoms with E-state index >= 15 is 4.39 Å². The minimum absolute atomic E-state index is 0.0853. The van der Waals surface area contributed by atoms with Gasteiger partial charge in [0.05, 0.1) is 30.4 Å². The predicted octanol–water partition coefficient (Wildman–Crippen LogP) is 9.51. The number of rotatable bonds is 12. The molecular formula is C48H58FN7O7Si. The van der Waals surface area contributed by atoms with Crippen molar-refractivity contribution in [2.75, 3.05) is 44.3 Å². The van der Waals surface area contributed by atoms with Crippen molar-refractivity contribution < 1.29 is 38.0 Å². The number of ether oxygens (including phenoxy) is 4. The number of piperazine rings is 1. The molecule has 2 bridgehead atoms. The summed E-state index contributed by atoms with van der Waals surface area (Å²) < 4.78 is 44.0. The summed E-state index contributed by atoms with van der Waals surface area (Å²) in [5, 5.41) is 16.4. The Labute approximate surface area is 373 Å². The Balaban J connectivity index is 1.10. The molecule has 64 heavy (non-hydrogen) atoms. The van der Waals surface area contributed by atoms with Crippen LogP contribution in [0.4, 0.5) is 19.8 Å². The van der Waals surface area contributed by atoms with Crippen molar-refractivity contribution in [1.29, 1.82) is 0 Å². The second kappa shape index (κ2) is 17.1. The molecule has 2 amide bonds. The van der Waals surface area contributed by atoms with Gasteiger partial charge in [0.15, 0.2) is 12.0 Å². The van der Waals surface area contributed by atoms with Crippen LogP contribution in [-0.4, -0.2) is 112 Å². The van der Waals surface area contributed by atoms with Crippen LogP contribution in [0, 0.1) is 12.7 Å². The number of nitrogens with zero attached hydrogens (tertiary/aromatic N) is 7. The molecule has 1 unspecified atom stereocenters. The van der Waals surface area contributed by atoms with Gasteiger partial charge in [-0.1, -0.05) is 50.0 Å². The van der Waals surface area contributed by atoms with E-state index in [0.717, 1.165) is 65.6 Å². The van der Waals surface area contributed by atoms with E-state index < -0.39 is 14.2 Å². The molecule has 4 aliphatic heterocycles. The summed E-state index contributed by atoms with van der Waals surface area (Å²) in [7, 11) is -1.35. The van der Waals surface area contributed by atoms with E-state index in [1.807, 2.05) is 48.1 Å². The number of carboxylic acid groups (broad SMARTS) is 1. The average molecular weight is 892 g/mol. The van der Waals surface area contributed by atoms with Gasteiger partial charge in [0.2, 0.25) is 0 Å². The number of benzene rings is 3. The Morgan fingerprint density at radius 3 is 2.44 bits per heavy atom. The molecule has 16 heteroatoms. The lowest BCUT2D eigenvalue weighted by atomic mass is 9.88. The maximum Gasteiger partial charge on any atom is 0.409 e. The second-order valence-corrected chi connectivity index (χ2v) is 25.1. The van der Waals surface area contributed by atoms with Crippen LogP contribution < -0.4 is 14.4 Å². The van der Waals surface area contributed by atoms with E-state index in [9.17, 15) is 14.7 Å². The van der Waals surface area contributed by atoms with Gasteiger partial charge in [-0.05, 0) is 80.2 Å². The standard InChI is InChI=1S/C48H58FN7O7Si/c1-29-38(49)24-39-37(25-50-56(39)40-12-8-9-19-60-40)41(29)42-35(31-13-14-31)23-36-43(44(42)62-28-30-10-6-5-7-11-30)51-46(52-45(36)54-26-33-22-32(54)27-55(33)47(57)58)63-34-15-17-53(18-16-34)48(59)61-20-21-64(2,3)4/h5-7,10-11,23-25,31-34,40H,8-9,12-22,26-28H2,1-4H3,(H,57,58)/t32-,33-,40?/m0/s1. The first-order valence-electron chi connectivity index (χ1n) is 23.1. The molecule has 0 radical (unpaired) electrons. The minimum atomic E-state index is -1.35. The van der Waals surface area contributed by atoms with Crippen LogP contribution in [0.5, 0.6) is 11.8 Å². The number of hydrogen-bond donors (Lipinski definition) is 1. The number of likely N-dealkylation sites (tertiary alicyclic amines) is 2. The van der Waals surface area contributed by atoms with Crippen molar-refractivity contribution in [2.45, 2.75) is 121 Å². The third-order valence-corrected chi connectivity index (χ3v) is 15.5. The Bertz CT molecular complexity index is 2570. The fourth-order valence-corrected chi connectivity index (χ4v) is 10.8. The fraction of sp³-hybridized carbons (Fsp3) is 0.521. The molecule has 5 aliphatic rings. The first kappa shape index (κ1) is 42.5. The molecule has 14 nitrogen and oxygen atoms in total. The number of halogens is 1. The quantitative estimate of drug-likeness (QED) is 0.120. The number of hydrogen-bond acceptors (Lipinski definition) is 10. The molecule has 1 N–H and O–H groups in total. The lowest BCUT2D eigenvalue weighted by Gasteiger charge is -2.35. The average Bonchev–Trinajstić information content (AvgIpc) is 3.72. The monoisotopic (exact) mass is 891 g/mol. The van der Waals surface area contributed by atoms with Gasteiger partial charge < -0.3 is 38.8 Å². The molecule has 10 rings (SSSR count). The van der Waals surface area contributed by atoms with Crippen molar-refractivity contribution in [2.24, 2.45) is 0 Å². The van der Waals surface area contributed by atoms with Crippen molar-refractivity contribution in [1.82, 2.24) is 29.5 Å². The summed E-state index contributed by atoms with van der Waals surface area (Å²) >= 11 is 0. The molecular weight excluding hydrogens is 834 g/mol. The summed E-state index contributed by atoms with van der Waals surface area (Å²) in [6.45, 7) is 11.7. The maximum absolute atomic E-state index is 16.6. The molecule has 5 fully saturated rings. The summed E-state index contributed by atoms with van der Waals surface area (Å²) in [6.07, 6.45) is 6.62. The number of aromatic nitrogens is 4.